The molecule has 1 amide bonds. The molecular formula is C18H19ClFNO2S. The number of nitrogens with one attached hydrogen (secondary N) is 1. The summed E-state index contributed by atoms with van der Waals surface area (Å²) in [7, 11) is 1.42. The number of carbonyl (C=O) groups excluding carboxylic acids is 1. The van der Waals surface area contributed by atoms with Crippen LogP contribution in [0, 0.1) is 5.82 Å². The summed E-state index contributed by atoms with van der Waals surface area (Å²) in [5.74, 6) is 0.350. The smallest absolute Gasteiger partial charge is 0.221 e. The highest BCUT2D eigenvalue weighted by Crippen LogP contribution is 2.23. The van der Waals surface area contributed by atoms with Crippen LogP contribution in [0.2, 0.25) is 5.02 Å². The fourth-order valence-electron chi connectivity index (χ4n) is 2.14. The fourth-order valence-corrected chi connectivity index (χ4v) is 3.12. The van der Waals surface area contributed by atoms with E-state index in [0.717, 1.165) is 4.90 Å². The second kappa shape index (κ2) is 8.94. The van der Waals surface area contributed by atoms with Crippen LogP contribution in [0.5, 0.6) is 5.75 Å². The van der Waals surface area contributed by atoms with Gasteiger partial charge in [-0.15, -0.1) is 11.8 Å². The standard InChI is InChI=1S/C18H19ClFNO2S/c1-12(13-3-8-17(23-2)16(20)11-13)21-18(22)9-10-24-15-6-4-14(19)5-7-15/h3-8,11-12H,9-10H2,1-2H3,(H,21,22)/t12-/m1/s1. The molecule has 0 spiro atoms. The Bertz CT molecular complexity index is 694. The minimum absolute atomic E-state index is 0.0693. The first-order valence-electron chi connectivity index (χ1n) is 7.50. The van der Waals surface area contributed by atoms with Crippen LogP contribution in [0.15, 0.2) is 47.4 Å². The van der Waals surface area contributed by atoms with Crippen molar-refractivity contribution in [1.29, 1.82) is 0 Å². The number of carbonyl (C=O) groups is 1. The number of benzene rings is 2. The van der Waals surface area contributed by atoms with Crippen LogP contribution in [-0.2, 0) is 4.79 Å². The summed E-state index contributed by atoms with van der Waals surface area (Å²) in [5, 5.41) is 3.57. The third-order valence-electron chi connectivity index (χ3n) is 3.46. The molecule has 2 aromatic carbocycles. The van der Waals surface area contributed by atoms with Gasteiger partial charge in [-0.3, -0.25) is 4.79 Å². The Kier molecular flexibility index (Phi) is 6.94. The van der Waals surface area contributed by atoms with E-state index in [9.17, 15) is 9.18 Å². The molecular weight excluding hydrogens is 349 g/mol. The third kappa shape index (κ3) is 5.42. The zero-order valence-corrected chi connectivity index (χ0v) is 15.1. The Hall–Kier alpha value is -1.72. The predicted octanol–water partition coefficient (Wildman–Crippen LogP) is 4.85. The van der Waals surface area contributed by atoms with Gasteiger partial charge in [-0.25, -0.2) is 4.39 Å². The monoisotopic (exact) mass is 367 g/mol. The van der Waals surface area contributed by atoms with E-state index >= 15 is 0 Å². The second-order valence-electron chi connectivity index (χ2n) is 5.24. The number of halogens is 2. The number of ether oxygens (including phenoxy) is 1. The van der Waals surface area contributed by atoms with Crippen molar-refractivity contribution in [1.82, 2.24) is 5.32 Å². The van der Waals surface area contributed by atoms with Gasteiger partial charge in [0.1, 0.15) is 0 Å². The number of amides is 1. The number of methoxy groups -OCH3 is 1. The lowest BCUT2D eigenvalue weighted by Gasteiger charge is -2.15. The summed E-state index contributed by atoms with van der Waals surface area (Å²) in [6.07, 6.45) is 0.385. The Morgan fingerprint density at radius 2 is 2.00 bits per heavy atom. The van der Waals surface area contributed by atoms with E-state index in [2.05, 4.69) is 5.32 Å². The molecule has 6 heteroatoms. The van der Waals surface area contributed by atoms with Gasteiger partial charge in [0.05, 0.1) is 13.2 Å². The Labute approximate surface area is 150 Å². The van der Waals surface area contributed by atoms with Crippen LogP contribution in [0.3, 0.4) is 0 Å². The molecule has 0 heterocycles. The van der Waals surface area contributed by atoms with Crippen LogP contribution in [0.4, 0.5) is 4.39 Å². The van der Waals surface area contributed by atoms with Crippen molar-refractivity contribution in [3.8, 4) is 5.75 Å². The average Bonchev–Trinajstić information content (AvgIpc) is 2.56. The van der Waals surface area contributed by atoms with Crippen molar-refractivity contribution in [2.45, 2.75) is 24.3 Å². The molecule has 0 aliphatic carbocycles. The van der Waals surface area contributed by atoms with Gasteiger partial charge < -0.3 is 10.1 Å². The Morgan fingerprint density at radius 3 is 2.62 bits per heavy atom. The lowest BCUT2D eigenvalue weighted by atomic mass is 10.1. The first-order chi connectivity index (χ1) is 11.5. The van der Waals surface area contributed by atoms with Gasteiger partial charge in [-0.1, -0.05) is 17.7 Å². The van der Waals surface area contributed by atoms with E-state index in [1.165, 1.54) is 13.2 Å². The summed E-state index contributed by atoms with van der Waals surface area (Å²) in [4.78, 5) is 13.1. The van der Waals surface area contributed by atoms with Crippen molar-refractivity contribution >= 4 is 29.3 Å². The van der Waals surface area contributed by atoms with E-state index in [1.807, 2.05) is 31.2 Å². The van der Waals surface area contributed by atoms with Gasteiger partial charge in [-0.2, -0.15) is 0 Å². The van der Waals surface area contributed by atoms with Gasteiger partial charge in [-0.05, 0) is 48.9 Å². The van der Waals surface area contributed by atoms with Crippen LogP contribution >= 0.6 is 23.4 Å². The molecule has 1 N–H and O–H groups in total. The zero-order chi connectivity index (χ0) is 17.5. The summed E-state index contributed by atoms with van der Waals surface area (Å²) >= 11 is 7.43. The third-order valence-corrected chi connectivity index (χ3v) is 4.73. The van der Waals surface area contributed by atoms with Crippen LogP contribution < -0.4 is 10.1 Å². The molecule has 0 radical (unpaired) electrons. The molecule has 2 aromatic rings. The normalized spacial score (nSPS) is 11.8. The maximum atomic E-state index is 13.7. The van der Waals surface area contributed by atoms with Gasteiger partial charge in [0.25, 0.3) is 0 Å². The second-order valence-corrected chi connectivity index (χ2v) is 6.84. The van der Waals surface area contributed by atoms with E-state index in [-0.39, 0.29) is 17.7 Å². The highest BCUT2D eigenvalue weighted by atomic mass is 35.5. The Morgan fingerprint density at radius 1 is 1.29 bits per heavy atom. The molecule has 0 saturated carbocycles. The fraction of sp³-hybridized carbons (Fsp3) is 0.278. The van der Waals surface area contributed by atoms with Crippen molar-refractivity contribution in [2.75, 3.05) is 12.9 Å². The predicted molar refractivity (Wildman–Crippen MR) is 96.3 cm³/mol. The quantitative estimate of drug-likeness (QED) is 0.711. The van der Waals surface area contributed by atoms with E-state index in [4.69, 9.17) is 16.3 Å². The van der Waals surface area contributed by atoms with Crippen LogP contribution in [0.25, 0.3) is 0 Å². The SMILES string of the molecule is COc1ccc([C@@H](C)NC(=O)CCSc2ccc(Cl)cc2)cc1F. The molecule has 0 aliphatic rings. The summed E-state index contributed by atoms with van der Waals surface area (Å²) < 4.78 is 18.6. The molecule has 3 nitrogen and oxygen atoms in total. The maximum Gasteiger partial charge on any atom is 0.221 e. The van der Waals surface area contributed by atoms with E-state index in [0.29, 0.717) is 22.8 Å². The number of rotatable bonds is 7. The molecule has 0 aliphatic heterocycles. The molecule has 24 heavy (non-hydrogen) atoms. The van der Waals surface area contributed by atoms with Crippen molar-refractivity contribution in [3.05, 3.63) is 58.9 Å². The van der Waals surface area contributed by atoms with Gasteiger partial charge in [0.15, 0.2) is 11.6 Å². The van der Waals surface area contributed by atoms with Crippen LogP contribution in [-0.4, -0.2) is 18.8 Å². The van der Waals surface area contributed by atoms with Gasteiger partial charge >= 0.3 is 0 Å². The molecule has 0 unspecified atom stereocenters. The van der Waals surface area contributed by atoms with E-state index < -0.39 is 5.82 Å². The highest BCUT2D eigenvalue weighted by Gasteiger charge is 2.12. The number of thioether (sulfide) groups is 1. The van der Waals surface area contributed by atoms with Crippen molar-refractivity contribution in [2.24, 2.45) is 0 Å². The topological polar surface area (TPSA) is 38.3 Å². The van der Waals surface area contributed by atoms with Crippen molar-refractivity contribution in [3.63, 3.8) is 0 Å². The number of hydrogen-bond donors (Lipinski definition) is 1. The van der Waals surface area contributed by atoms with Gasteiger partial charge in [0.2, 0.25) is 5.91 Å². The molecule has 2 rings (SSSR count). The summed E-state index contributed by atoms with van der Waals surface area (Å²) in [6, 6.07) is 11.9. The largest absolute Gasteiger partial charge is 0.494 e. The van der Waals surface area contributed by atoms with Crippen molar-refractivity contribution < 1.29 is 13.9 Å². The molecule has 0 aromatic heterocycles. The molecule has 1 atom stereocenters. The zero-order valence-electron chi connectivity index (χ0n) is 13.5. The molecule has 0 bridgehead atoms. The van der Waals surface area contributed by atoms with E-state index in [1.54, 1.807) is 23.9 Å². The van der Waals surface area contributed by atoms with Gasteiger partial charge in [0, 0.05) is 22.1 Å². The minimum atomic E-state index is -0.436. The Balaban J connectivity index is 1.81. The lowest BCUT2D eigenvalue weighted by Crippen LogP contribution is -2.26. The maximum absolute atomic E-state index is 13.7. The molecule has 0 fully saturated rings. The number of hydrogen-bond acceptors (Lipinski definition) is 3. The summed E-state index contributed by atoms with van der Waals surface area (Å²) in [5.41, 5.74) is 0.701. The first-order valence-corrected chi connectivity index (χ1v) is 8.87. The highest BCUT2D eigenvalue weighted by molar-refractivity contribution is 7.99. The summed E-state index contributed by atoms with van der Waals surface area (Å²) in [6.45, 7) is 1.82. The first kappa shape index (κ1) is 18.6. The average molecular weight is 368 g/mol. The van der Waals surface area contributed by atoms with Crippen LogP contribution in [0.1, 0.15) is 24.9 Å². The molecule has 0 saturated heterocycles. The lowest BCUT2D eigenvalue weighted by molar-refractivity contribution is -0.121. The minimum Gasteiger partial charge on any atom is -0.494 e. The molecule has 128 valence electrons.